The number of carbonyl (C=O) groups is 4. The number of rotatable bonds is 8. The van der Waals surface area contributed by atoms with Gasteiger partial charge in [0.15, 0.2) is 0 Å². The van der Waals surface area contributed by atoms with Gasteiger partial charge < -0.3 is 9.64 Å². The van der Waals surface area contributed by atoms with Crippen LogP contribution in [0.15, 0.2) is 77.7 Å². The Morgan fingerprint density at radius 1 is 1.03 bits per heavy atom. The minimum atomic E-state index is -3.85. The fraction of sp³-hybridized carbons (Fsp3) is 0.214. The van der Waals surface area contributed by atoms with Gasteiger partial charge in [0.1, 0.15) is 11.8 Å². The molecule has 1 atom stereocenters. The van der Waals surface area contributed by atoms with Crippen molar-refractivity contribution in [1.82, 2.24) is 4.90 Å². The molecule has 1 aliphatic rings. The van der Waals surface area contributed by atoms with Crippen molar-refractivity contribution in [2.24, 2.45) is 5.14 Å². The number of carbonyl (C=O) groups excluding carboxylic acids is 4. The lowest BCUT2D eigenvalue weighted by atomic mass is 10.1. The number of esters is 1. The first-order valence-corrected chi connectivity index (χ1v) is 13.6. The lowest BCUT2D eigenvalue weighted by Crippen LogP contribution is -2.46. The van der Waals surface area contributed by atoms with E-state index in [1.54, 1.807) is 30.3 Å². The summed E-state index contributed by atoms with van der Waals surface area (Å²) >= 11 is 0. The Labute approximate surface area is 226 Å². The third kappa shape index (κ3) is 6.39. The van der Waals surface area contributed by atoms with Gasteiger partial charge in [0.25, 0.3) is 11.8 Å². The zero-order chi connectivity index (χ0) is 28.3. The molecular weight excluding hydrogens is 522 g/mol. The van der Waals surface area contributed by atoms with Gasteiger partial charge in [-0.05, 0) is 67.4 Å². The Balaban J connectivity index is 1.61. The molecule has 0 bridgehead atoms. The summed E-state index contributed by atoms with van der Waals surface area (Å²) in [7, 11) is -3.85. The Hall–Kier alpha value is -4.35. The zero-order valence-electron chi connectivity index (χ0n) is 21.4. The molecule has 0 spiro atoms. The summed E-state index contributed by atoms with van der Waals surface area (Å²) < 4.78 is 28.1. The van der Waals surface area contributed by atoms with E-state index in [1.807, 2.05) is 13.0 Å². The highest BCUT2D eigenvalue weighted by atomic mass is 32.2. The molecule has 2 N–H and O–H groups in total. The molecule has 3 aromatic carbocycles. The van der Waals surface area contributed by atoms with Gasteiger partial charge in [0.2, 0.25) is 15.9 Å². The molecule has 1 aliphatic heterocycles. The summed E-state index contributed by atoms with van der Waals surface area (Å²) in [5.41, 5.74) is 2.26. The van der Waals surface area contributed by atoms with Gasteiger partial charge in [-0.2, -0.15) is 0 Å². The highest BCUT2D eigenvalue weighted by Crippen LogP contribution is 2.28. The molecule has 1 heterocycles. The van der Waals surface area contributed by atoms with Crippen molar-refractivity contribution in [1.29, 1.82) is 0 Å². The average Bonchev–Trinajstić information content (AvgIpc) is 3.17. The van der Waals surface area contributed by atoms with Crippen molar-refractivity contribution in [2.45, 2.75) is 37.6 Å². The molecule has 0 saturated carbocycles. The van der Waals surface area contributed by atoms with E-state index < -0.39 is 39.8 Å². The molecule has 3 aromatic rings. The van der Waals surface area contributed by atoms with Gasteiger partial charge in [-0.1, -0.05) is 29.8 Å². The second-order valence-corrected chi connectivity index (χ2v) is 10.7. The summed E-state index contributed by atoms with van der Waals surface area (Å²) in [5, 5.41) is 5.17. The van der Waals surface area contributed by atoms with E-state index >= 15 is 0 Å². The number of anilines is 1. The standard InChI is InChI=1S/C28H27N3O7S/c1-18-4-3-5-21(16-18)27(34)30(15-14-20-6-12-24(13-7-20)39(29,36)37)25-17-26(33)31(28(25)35)22-8-10-23(11-9-22)38-19(2)32/h3-13,16,25H,14-15,17H2,1-2H3,(H2,29,36,37). The number of hydrogen-bond acceptors (Lipinski definition) is 7. The summed E-state index contributed by atoms with van der Waals surface area (Å²) in [4.78, 5) is 53.7. The number of sulfonamides is 1. The minimum Gasteiger partial charge on any atom is -0.427 e. The largest absolute Gasteiger partial charge is 0.427 e. The fourth-order valence-electron chi connectivity index (χ4n) is 4.40. The van der Waals surface area contributed by atoms with Gasteiger partial charge in [0.05, 0.1) is 17.0 Å². The van der Waals surface area contributed by atoms with Crippen molar-refractivity contribution in [2.75, 3.05) is 11.4 Å². The van der Waals surface area contributed by atoms with E-state index in [9.17, 15) is 27.6 Å². The second kappa shape index (κ2) is 11.2. The minimum absolute atomic E-state index is 0.0362. The van der Waals surface area contributed by atoms with Crippen LogP contribution in [0.1, 0.15) is 34.8 Å². The second-order valence-electron chi connectivity index (χ2n) is 9.18. The van der Waals surface area contributed by atoms with Crippen LogP contribution in [-0.2, 0) is 30.8 Å². The van der Waals surface area contributed by atoms with Crippen molar-refractivity contribution in [3.63, 3.8) is 0 Å². The lowest BCUT2D eigenvalue weighted by molar-refractivity contribution is -0.132. The van der Waals surface area contributed by atoms with Gasteiger partial charge in [0, 0.05) is 19.0 Å². The number of primary sulfonamides is 1. The molecule has 1 fully saturated rings. The number of ether oxygens (including phenoxy) is 1. The maximum Gasteiger partial charge on any atom is 0.308 e. The van der Waals surface area contributed by atoms with Crippen molar-refractivity contribution >= 4 is 39.4 Å². The molecule has 0 aliphatic carbocycles. The van der Waals surface area contributed by atoms with E-state index in [2.05, 4.69) is 0 Å². The van der Waals surface area contributed by atoms with E-state index in [0.29, 0.717) is 17.7 Å². The predicted molar refractivity (Wildman–Crippen MR) is 142 cm³/mol. The molecule has 0 radical (unpaired) electrons. The quantitative estimate of drug-likeness (QED) is 0.258. The fourth-order valence-corrected chi connectivity index (χ4v) is 4.91. The van der Waals surface area contributed by atoms with Crippen LogP contribution in [0.5, 0.6) is 5.75 Å². The van der Waals surface area contributed by atoms with Gasteiger partial charge in [-0.3, -0.25) is 19.2 Å². The molecule has 11 heteroatoms. The number of nitrogens with zero attached hydrogens (tertiary/aromatic N) is 2. The maximum absolute atomic E-state index is 13.6. The highest BCUT2D eigenvalue weighted by molar-refractivity contribution is 7.89. The Morgan fingerprint density at radius 2 is 1.69 bits per heavy atom. The first kappa shape index (κ1) is 27.7. The molecular formula is C28H27N3O7S. The van der Waals surface area contributed by atoms with Crippen molar-refractivity contribution in [3.8, 4) is 5.75 Å². The molecule has 1 saturated heterocycles. The van der Waals surface area contributed by atoms with Gasteiger partial charge in [-0.15, -0.1) is 0 Å². The lowest BCUT2D eigenvalue weighted by Gasteiger charge is -2.28. The Morgan fingerprint density at radius 3 is 2.28 bits per heavy atom. The van der Waals surface area contributed by atoms with Crippen LogP contribution in [-0.4, -0.2) is 49.6 Å². The normalized spacial score (nSPS) is 15.4. The molecule has 0 aromatic heterocycles. The maximum atomic E-state index is 13.6. The summed E-state index contributed by atoms with van der Waals surface area (Å²) in [5.74, 6) is -1.65. The first-order valence-electron chi connectivity index (χ1n) is 12.1. The molecule has 39 heavy (non-hydrogen) atoms. The Kier molecular flexibility index (Phi) is 7.93. The van der Waals surface area contributed by atoms with Gasteiger partial charge in [-0.25, -0.2) is 18.5 Å². The van der Waals surface area contributed by atoms with Crippen molar-refractivity contribution in [3.05, 3.63) is 89.5 Å². The van der Waals surface area contributed by atoms with Crippen LogP contribution in [0.4, 0.5) is 5.69 Å². The number of nitrogens with two attached hydrogens (primary N) is 1. The van der Waals surface area contributed by atoms with E-state index in [1.165, 1.54) is 48.2 Å². The number of aryl methyl sites for hydroxylation is 1. The summed E-state index contributed by atoms with van der Waals surface area (Å²) in [6.45, 7) is 3.21. The molecule has 3 amide bonds. The zero-order valence-corrected chi connectivity index (χ0v) is 22.2. The third-order valence-electron chi connectivity index (χ3n) is 6.27. The predicted octanol–water partition coefficient (Wildman–Crippen LogP) is 2.58. The van der Waals surface area contributed by atoms with Crippen LogP contribution >= 0.6 is 0 Å². The molecule has 4 rings (SSSR count). The third-order valence-corrected chi connectivity index (χ3v) is 7.20. The topological polar surface area (TPSA) is 144 Å². The van der Waals surface area contributed by atoms with Crippen LogP contribution in [0.3, 0.4) is 0 Å². The number of benzene rings is 3. The number of amides is 3. The van der Waals surface area contributed by atoms with Crippen LogP contribution < -0.4 is 14.8 Å². The average molecular weight is 550 g/mol. The molecule has 202 valence electrons. The highest BCUT2D eigenvalue weighted by Gasteiger charge is 2.44. The molecule has 10 nitrogen and oxygen atoms in total. The van der Waals surface area contributed by atoms with Crippen LogP contribution in [0.25, 0.3) is 0 Å². The number of imide groups is 1. The monoisotopic (exact) mass is 549 g/mol. The van der Waals surface area contributed by atoms with E-state index in [-0.39, 0.29) is 23.6 Å². The van der Waals surface area contributed by atoms with Crippen molar-refractivity contribution < 1.29 is 32.3 Å². The smallest absolute Gasteiger partial charge is 0.308 e. The van der Waals surface area contributed by atoms with Gasteiger partial charge >= 0.3 is 5.97 Å². The van der Waals surface area contributed by atoms with Crippen LogP contribution in [0.2, 0.25) is 0 Å². The summed E-state index contributed by atoms with van der Waals surface area (Å²) in [6.07, 6.45) is 0.101. The Bertz CT molecular complexity index is 1530. The van der Waals surface area contributed by atoms with E-state index in [4.69, 9.17) is 9.88 Å². The van der Waals surface area contributed by atoms with E-state index in [0.717, 1.165) is 16.0 Å². The SMILES string of the molecule is CC(=O)Oc1ccc(N2C(=O)CC(N(CCc3ccc(S(N)(=O)=O)cc3)C(=O)c3cccc(C)c3)C2=O)cc1. The summed E-state index contributed by atoms with van der Waals surface area (Å²) in [6, 6.07) is 17.8. The molecule has 1 unspecified atom stereocenters. The number of hydrogen-bond donors (Lipinski definition) is 1. The van der Waals surface area contributed by atoms with Crippen LogP contribution in [0, 0.1) is 6.92 Å². The first-order chi connectivity index (χ1) is 18.4.